The normalized spacial score (nSPS) is 13.4. The van der Waals surface area contributed by atoms with Gasteiger partial charge in [-0.15, -0.1) is 0 Å². The summed E-state index contributed by atoms with van der Waals surface area (Å²) in [5, 5.41) is 0. The molecule has 5 heterocycles. The van der Waals surface area contributed by atoms with E-state index in [1.54, 1.807) is 0 Å². The van der Waals surface area contributed by atoms with Gasteiger partial charge in [0.2, 0.25) is 0 Å². The number of hydrogen-bond donors (Lipinski definition) is 0. The summed E-state index contributed by atoms with van der Waals surface area (Å²) in [5.74, 6) is 0. The Labute approximate surface area is 723 Å². The maximum atomic E-state index is 2.71. The topological polar surface area (TPSA) is 22.7 Å². The third kappa shape index (κ3) is 10.7. The fourth-order valence-corrected chi connectivity index (χ4v) is 21.6. The molecule has 1 aliphatic carbocycles. The van der Waals surface area contributed by atoms with Crippen LogP contribution in [-0.2, 0) is 5.41 Å². The summed E-state index contributed by atoms with van der Waals surface area (Å²) in [6.45, 7) is -0.560. The van der Waals surface area contributed by atoms with Crippen LogP contribution in [0.3, 0.4) is 0 Å². The van der Waals surface area contributed by atoms with Crippen molar-refractivity contribution < 1.29 is 0 Å². The Bertz CT molecular complexity index is 7330. The molecule has 0 fully saturated rings. The average Bonchev–Trinajstić information content (AvgIpc) is 1.32. The van der Waals surface area contributed by atoms with Crippen LogP contribution in [0.15, 0.2) is 467 Å². The van der Waals surface area contributed by atoms with Crippen LogP contribution in [0.4, 0.5) is 119 Å². The molecule has 6 aliphatic rings. The maximum Gasteiger partial charge on any atom is 0.252 e. The van der Waals surface area contributed by atoms with E-state index in [1.165, 1.54) is 66.2 Å². The van der Waals surface area contributed by atoms with Crippen molar-refractivity contribution in [1.29, 1.82) is 0 Å². The van der Waals surface area contributed by atoms with Crippen molar-refractivity contribution in [3.8, 4) is 33.4 Å². The van der Waals surface area contributed by atoms with E-state index in [2.05, 4.69) is 501 Å². The molecule has 0 saturated carbocycles. The lowest BCUT2D eigenvalue weighted by atomic mass is 9.33. The minimum Gasteiger partial charge on any atom is -0.311 e. The zero-order chi connectivity index (χ0) is 81.5. The van der Waals surface area contributed by atoms with Crippen LogP contribution >= 0.6 is 0 Å². The number of fused-ring (bicyclic) bond motifs is 17. The molecule has 0 unspecified atom stereocenters. The summed E-state index contributed by atoms with van der Waals surface area (Å²) in [7, 11) is 0. The Kier molecular flexibility index (Phi) is 16.3. The summed E-state index contributed by atoms with van der Waals surface area (Å²) in [4.78, 5) is 18.0. The SMILES string of the molecule is c1ccc(-c2ccccc2N(c2ccccc2)c2cc3c4c(c2)N(c2ccccc2-c2ccccc2)c2ccccc2B4c2cc4c(cc2N3c2ccccc2)N(c2ccccc2)c2cc3c(cc2C42c4ccccc4-c4ccccc42)B2c4ccccc4N(c4ccccc4)c4cc(N(c5ccccc5)c5ccccc5)cc(c42)N3c2ccccc2)cc1. The van der Waals surface area contributed by atoms with Gasteiger partial charge in [-0.2, -0.15) is 0 Å². The third-order valence-corrected chi connectivity index (χ3v) is 26.5. The van der Waals surface area contributed by atoms with Crippen molar-refractivity contribution in [2.75, 3.05) is 34.3 Å². The van der Waals surface area contributed by atoms with Gasteiger partial charge in [0.25, 0.3) is 13.4 Å². The minimum atomic E-state index is -0.935. The molecule has 19 aromatic carbocycles. The largest absolute Gasteiger partial charge is 0.311 e. The fraction of sp³-hybridized carbons (Fsp3) is 0.00870. The molecule has 0 bridgehead atoms. The second-order valence-electron chi connectivity index (χ2n) is 32.9. The zero-order valence-electron chi connectivity index (χ0n) is 67.7. The zero-order valence-corrected chi connectivity index (χ0v) is 67.7. The number of para-hydroxylation sites is 11. The molecule has 0 radical (unpaired) electrons. The van der Waals surface area contributed by atoms with Gasteiger partial charge in [0.05, 0.1) is 39.5 Å². The standard InChI is InChI=1S/C115H77B2N7/c1-10-40-78(41-11-1)89-58-30-36-66-101(89)119(82-48-18-5-19-49-82)88-72-111-114-112(73-88)124(102-67-37-31-59-90(102)79-42-12-2-13-43-79)104-69-39-35-65-98(104)117(114)100-75-96-106(77-108(100)123(111)86-56-26-9-27-57-86)121(84-52-22-7-23-53-84)105-76-107-99(74-95(105)115(96)93-62-32-28-60-91(93)92-61-29-33-63-94(92)115)116-97-64-34-38-68-103(97)120(83-50-20-6-21-51-83)109-70-87(71-110(113(109)116)122(107)85-54-24-8-25-55-85)118(80-44-14-3-15-45-80)81-46-16-4-17-47-81/h1-77H. The number of nitrogens with zero attached hydrogens (tertiary/aromatic N) is 7. The molecule has 0 aromatic heterocycles. The van der Waals surface area contributed by atoms with Gasteiger partial charge in [-0.05, 0) is 223 Å². The molecule has 9 heteroatoms. The highest BCUT2D eigenvalue weighted by atomic mass is 15.2. The van der Waals surface area contributed by atoms with Crippen molar-refractivity contribution in [3.63, 3.8) is 0 Å². The Hall–Kier alpha value is -16.1. The minimum absolute atomic E-state index is 0.256. The molecule has 0 saturated heterocycles. The van der Waals surface area contributed by atoms with Gasteiger partial charge in [-0.25, -0.2) is 0 Å². The molecular weight excluding hydrogens is 1500 g/mol. The summed E-state index contributed by atoms with van der Waals surface area (Å²) >= 11 is 0. The highest BCUT2D eigenvalue weighted by molar-refractivity contribution is 7.01. The Balaban J connectivity index is 0.813. The van der Waals surface area contributed by atoms with E-state index in [0.717, 1.165) is 142 Å². The monoisotopic (exact) mass is 1580 g/mol. The lowest BCUT2D eigenvalue weighted by Gasteiger charge is -2.50. The summed E-state index contributed by atoms with van der Waals surface area (Å²) in [6.07, 6.45) is 0. The van der Waals surface area contributed by atoms with Crippen LogP contribution in [-0.4, -0.2) is 13.4 Å². The molecule has 0 atom stereocenters. The number of hydrogen-bond acceptors (Lipinski definition) is 7. The van der Waals surface area contributed by atoms with Crippen LogP contribution in [0.25, 0.3) is 33.4 Å². The summed E-state index contributed by atoms with van der Waals surface area (Å²) < 4.78 is 0. The lowest BCUT2D eigenvalue weighted by molar-refractivity contribution is 0.754. The Morgan fingerprint density at radius 1 is 0.177 bits per heavy atom. The van der Waals surface area contributed by atoms with Crippen LogP contribution in [0.1, 0.15) is 22.3 Å². The first-order chi connectivity index (χ1) is 61.6. The molecule has 19 aromatic rings. The van der Waals surface area contributed by atoms with Gasteiger partial charge in [0, 0.05) is 96.4 Å². The summed E-state index contributed by atoms with van der Waals surface area (Å²) in [6, 6.07) is 175. The van der Waals surface area contributed by atoms with Crippen molar-refractivity contribution >= 4 is 166 Å². The molecule has 0 amide bonds. The van der Waals surface area contributed by atoms with E-state index in [-0.39, 0.29) is 13.4 Å². The van der Waals surface area contributed by atoms with Gasteiger partial charge in [-0.3, -0.25) is 0 Å². The predicted octanol–water partition coefficient (Wildman–Crippen LogP) is 26.3. The fourth-order valence-electron chi connectivity index (χ4n) is 21.6. The van der Waals surface area contributed by atoms with Crippen molar-refractivity contribution in [2.24, 2.45) is 0 Å². The first kappa shape index (κ1) is 70.9. The quantitative estimate of drug-likeness (QED) is 0.106. The van der Waals surface area contributed by atoms with E-state index in [4.69, 9.17) is 0 Å². The number of benzene rings is 19. The number of anilines is 21. The predicted molar refractivity (Wildman–Crippen MR) is 520 cm³/mol. The maximum absolute atomic E-state index is 2.71. The molecule has 1 spiro atoms. The molecule has 0 N–H and O–H groups in total. The highest BCUT2D eigenvalue weighted by Gasteiger charge is 2.56. The Morgan fingerprint density at radius 3 is 0.911 bits per heavy atom. The van der Waals surface area contributed by atoms with E-state index >= 15 is 0 Å². The van der Waals surface area contributed by atoms with Gasteiger partial charge >= 0.3 is 0 Å². The molecule has 124 heavy (non-hydrogen) atoms. The van der Waals surface area contributed by atoms with Gasteiger partial charge < -0.3 is 34.3 Å². The first-order valence-corrected chi connectivity index (χ1v) is 43.0. The molecule has 7 nitrogen and oxygen atoms in total. The molecule has 5 aliphatic heterocycles. The Morgan fingerprint density at radius 2 is 0.476 bits per heavy atom. The second-order valence-corrected chi connectivity index (χ2v) is 32.9. The van der Waals surface area contributed by atoms with Crippen molar-refractivity contribution in [3.05, 3.63) is 489 Å². The van der Waals surface area contributed by atoms with Gasteiger partial charge in [0.15, 0.2) is 0 Å². The smallest absolute Gasteiger partial charge is 0.252 e. The average molecular weight is 1580 g/mol. The molecular formula is C115H77B2N7. The van der Waals surface area contributed by atoms with E-state index < -0.39 is 5.41 Å². The van der Waals surface area contributed by atoms with Crippen LogP contribution < -0.4 is 67.1 Å². The van der Waals surface area contributed by atoms with Crippen LogP contribution in [0.2, 0.25) is 0 Å². The van der Waals surface area contributed by atoms with E-state index in [1.807, 2.05) is 0 Å². The van der Waals surface area contributed by atoms with Crippen LogP contribution in [0, 0.1) is 0 Å². The second kappa shape index (κ2) is 28.6. The van der Waals surface area contributed by atoms with Crippen molar-refractivity contribution in [1.82, 2.24) is 0 Å². The van der Waals surface area contributed by atoms with E-state index in [0.29, 0.717) is 0 Å². The molecule has 25 rings (SSSR count). The number of rotatable bonds is 13. The highest BCUT2D eigenvalue weighted by Crippen LogP contribution is 2.66. The van der Waals surface area contributed by atoms with Gasteiger partial charge in [-0.1, -0.05) is 322 Å². The molecule has 578 valence electrons. The first-order valence-electron chi connectivity index (χ1n) is 43.0. The van der Waals surface area contributed by atoms with Crippen LogP contribution in [0.5, 0.6) is 0 Å². The summed E-state index contributed by atoms with van der Waals surface area (Å²) in [5.41, 5.74) is 40.9. The van der Waals surface area contributed by atoms with Crippen molar-refractivity contribution in [2.45, 2.75) is 5.41 Å². The lowest BCUT2D eigenvalue weighted by Crippen LogP contribution is -2.62. The third-order valence-electron chi connectivity index (χ3n) is 26.5. The van der Waals surface area contributed by atoms with E-state index in [9.17, 15) is 0 Å². The van der Waals surface area contributed by atoms with Gasteiger partial charge in [0.1, 0.15) is 0 Å².